The number of benzene rings is 5. The molecule has 3 aliphatic heterocycles. The highest BCUT2D eigenvalue weighted by Gasteiger charge is 2.52. The number of fused-ring (bicyclic) bond motifs is 2. The number of esters is 3. The van der Waals surface area contributed by atoms with Gasteiger partial charge in [0.1, 0.15) is 6.54 Å². The smallest absolute Gasteiger partial charge is 0.491 e. The van der Waals surface area contributed by atoms with Gasteiger partial charge in [0.2, 0.25) is 0 Å². The second kappa shape index (κ2) is 50.9. The number of methoxy groups -OCH3 is 13. The molecule has 0 atom stereocenters. The summed E-state index contributed by atoms with van der Waals surface area (Å²) in [6.45, 7) is 24.3. The number of ether oxygens (including phenoxy) is 13. The third kappa shape index (κ3) is 26.6. The number of aromatic amines is 2. The summed E-state index contributed by atoms with van der Waals surface area (Å²) in [5.41, 5.74) is 27.1. The van der Waals surface area contributed by atoms with E-state index >= 15 is 0 Å². The van der Waals surface area contributed by atoms with E-state index in [9.17, 15) is 24.0 Å². The molecule has 13 aromatic rings. The summed E-state index contributed by atoms with van der Waals surface area (Å²) in [7, 11) is 19.3. The number of anilines is 3. The topological polar surface area (TPSA) is 444 Å². The van der Waals surface area contributed by atoms with E-state index < -0.39 is 7.12 Å². The highest BCUT2D eigenvalue weighted by molar-refractivity contribution is 9.10. The summed E-state index contributed by atoms with van der Waals surface area (Å²) in [6.07, 6.45) is 19.1. The first kappa shape index (κ1) is 110. The fraction of sp³-hybridized carbons (Fsp3) is 0.311. The van der Waals surface area contributed by atoms with Crippen LogP contribution in [-0.2, 0) is 48.5 Å². The summed E-state index contributed by atoms with van der Waals surface area (Å²) in [6, 6.07) is 32.8. The van der Waals surface area contributed by atoms with Crippen molar-refractivity contribution < 1.29 is 94.9 Å². The van der Waals surface area contributed by atoms with Crippen molar-refractivity contribution in [3.05, 3.63) is 247 Å². The lowest BCUT2D eigenvalue weighted by molar-refractivity contribution is 0.00578. The van der Waals surface area contributed by atoms with E-state index in [1.807, 2.05) is 186 Å². The van der Waals surface area contributed by atoms with Crippen LogP contribution in [0.2, 0.25) is 0 Å². The van der Waals surface area contributed by atoms with Crippen LogP contribution >= 0.6 is 31.9 Å². The van der Waals surface area contributed by atoms with E-state index in [0.717, 1.165) is 121 Å². The molecule has 0 saturated carbocycles. The predicted molar refractivity (Wildman–Crippen MR) is 544 cm³/mol. The number of hydrogen-bond acceptors (Lipinski definition) is 31. The average Bonchev–Trinajstić information content (AvgIpc) is 1.56. The maximum Gasteiger partial charge on any atom is 0.496 e. The Bertz CT molecular complexity index is 6660. The lowest BCUT2D eigenvalue weighted by atomic mass is 9.80. The monoisotopic (exact) mass is 2060 g/mol. The standard InChI is InChI=1S/C21H19N5O3.C19H18N4O3.C17H18BrNO4.C17H19NO4.C13H20BNO4.C10H11BrO2.C3H5N3.C3H5N/c1-13-6-14(15-8-18(28-2)20(29-3)23-9-15)7-16-11-26(21(27)19(13)16)17-10-24-25(12-17)5-4-22;1-11-4-12(13-6-16(25-2)18(26-3)20-7-13)5-14-10-23(19(24)17(11)14)15-8-21-22-9-15;1-10-5-11(6-12(8-18)15(10)17(20)23-4)13-7-14(21-2)16(22-3)19-9-13;1-10-6-12(7-11(2)15(10)17(19)22-5)13-8-14(20-3)16(21-4)18-9-13;1-12(2)13(3,4)19-14(18-12)9-7-10(16-5)11(17-6)15-8-9;1-6-4-8(11)5-7(2)9(6)10(12)13-3;4-3-1-5-6-2-3;1-2-3-4/h6-10,12H,5,11H2,1-3H3;4-9H,10H2,1-3H3,(H,21,22);5-7,9H,8H2,1-4H3;6-9H,1-5H3;7-8H,1-6H3;4-5H,1-3H3;1-2H,4H2,(H,5,6);2H2,1H3. The third-order valence-electron chi connectivity index (χ3n) is 22.8. The van der Waals surface area contributed by atoms with Crippen molar-refractivity contribution in [2.75, 3.05) is 108 Å². The minimum Gasteiger partial charge on any atom is -0.491 e. The van der Waals surface area contributed by atoms with Gasteiger partial charge in [-0.05, 0) is 215 Å². The number of alkyl halides is 1. The number of rotatable bonds is 22. The van der Waals surface area contributed by atoms with Gasteiger partial charge in [-0.1, -0.05) is 69.1 Å². The molecule has 0 unspecified atom stereocenters. The zero-order chi connectivity index (χ0) is 104. The summed E-state index contributed by atoms with van der Waals surface area (Å²) >= 11 is 6.80. The normalized spacial score (nSPS) is 12.4. The van der Waals surface area contributed by atoms with Crippen LogP contribution in [-0.4, -0.2) is 196 Å². The number of amides is 2. The van der Waals surface area contributed by atoms with Crippen molar-refractivity contribution in [3.63, 3.8) is 0 Å². The first-order valence-corrected chi connectivity index (χ1v) is 45.8. The number of nitrogens with zero attached hydrogens (tertiary/aromatic N) is 13. The molecule has 16 rings (SSSR count). The lowest BCUT2D eigenvalue weighted by Crippen LogP contribution is -2.41. The molecule has 8 aromatic heterocycles. The highest BCUT2D eigenvalue weighted by atomic mass is 79.9. The number of nitrogen functional groups attached to an aromatic ring is 1. The molecule has 36 nitrogen and oxygen atoms in total. The van der Waals surface area contributed by atoms with Crippen LogP contribution in [0.25, 0.3) is 44.5 Å². The molecular formula is C103H115BBr2N16O20. The van der Waals surface area contributed by atoms with Crippen molar-refractivity contribution in [3.8, 4) is 115 Å². The fourth-order valence-electron chi connectivity index (χ4n) is 15.2. The Morgan fingerprint density at radius 2 is 0.782 bits per heavy atom. The Morgan fingerprint density at radius 1 is 0.437 bits per heavy atom. The Morgan fingerprint density at radius 3 is 1.12 bits per heavy atom. The zero-order valence-electron chi connectivity index (χ0n) is 83.9. The molecule has 744 valence electrons. The summed E-state index contributed by atoms with van der Waals surface area (Å²) < 4.78 is 81.1. The second-order valence-corrected chi connectivity index (χ2v) is 34.1. The maximum absolute atomic E-state index is 13.0. The lowest BCUT2D eigenvalue weighted by Gasteiger charge is -2.32. The van der Waals surface area contributed by atoms with Crippen molar-refractivity contribution in [1.82, 2.24) is 55.1 Å². The number of H-pyrrole nitrogens is 2. The Kier molecular flexibility index (Phi) is 39.5. The number of aromatic nitrogens is 11. The van der Waals surface area contributed by atoms with Crippen LogP contribution in [0.1, 0.15) is 148 Å². The SMILES string of the molecule is CCC#N.COC(=O)c1c(C)cc(-c2cnc(OC)c(OC)c2)cc1C.COC(=O)c1c(C)cc(-c2cnc(OC)c(OC)c2)cc1CBr.COC(=O)c1c(C)cc(Br)cc1C.COc1cc(-c2cc(C)c3c(c2)CN(c2cn[nH]c2)C3=O)cnc1OC.COc1cc(-c2cc(C)c3c(c2)CN(c2cnn(CC#N)c2)C3=O)cnc1OC.COc1cc(B2OC(C)(C)C(C)(C)O2)cnc1OC.Nc1cn[nH]c1. The molecule has 3 aliphatic rings. The van der Waals surface area contributed by atoms with E-state index in [1.165, 1.54) is 26.0 Å². The Labute approximate surface area is 842 Å². The number of nitrogens with two attached hydrogens (primary N) is 1. The molecule has 142 heavy (non-hydrogen) atoms. The summed E-state index contributed by atoms with van der Waals surface area (Å²) in [5, 5.41) is 33.9. The molecule has 39 heteroatoms. The van der Waals surface area contributed by atoms with Crippen molar-refractivity contribution in [2.45, 2.75) is 126 Å². The molecule has 0 radical (unpaired) electrons. The van der Waals surface area contributed by atoms with Gasteiger partial charge in [0.05, 0.1) is 181 Å². The molecular weight excluding hydrogens is 1950 g/mol. The third-order valence-corrected chi connectivity index (χ3v) is 23.9. The van der Waals surface area contributed by atoms with Gasteiger partial charge in [-0.2, -0.15) is 25.8 Å². The number of halogens is 2. The molecule has 1 saturated heterocycles. The van der Waals surface area contributed by atoms with Crippen molar-refractivity contribution >= 4 is 91.2 Å². The summed E-state index contributed by atoms with van der Waals surface area (Å²) in [5.74, 6) is 3.96. The quantitative estimate of drug-likeness (QED) is 0.0245. The van der Waals surface area contributed by atoms with Gasteiger partial charge in [-0.3, -0.25) is 24.5 Å². The molecule has 5 aromatic carbocycles. The number of nitrogens with one attached hydrogen (secondary N) is 2. The van der Waals surface area contributed by atoms with Crippen LogP contribution < -0.4 is 68.4 Å². The van der Waals surface area contributed by atoms with Crippen molar-refractivity contribution in [1.29, 1.82) is 10.5 Å². The van der Waals surface area contributed by atoms with E-state index in [2.05, 4.69) is 87.0 Å². The van der Waals surface area contributed by atoms with E-state index in [4.69, 9.17) is 82.4 Å². The first-order valence-electron chi connectivity index (χ1n) is 43.9. The number of nitriles is 2. The van der Waals surface area contributed by atoms with Gasteiger partial charge in [0.25, 0.3) is 41.2 Å². The van der Waals surface area contributed by atoms with Crippen LogP contribution in [0.4, 0.5) is 17.1 Å². The van der Waals surface area contributed by atoms with Crippen LogP contribution in [0.5, 0.6) is 58.1 Å². The van der Waals surface area contributed by atoms with Gasteiger partial charge < -0.3 is 86.4 Å². The highest BCUT2D eigenvalue weighted by Crippen LogP contribution is 2.42. The van der Waals surface area contributed by atoms with Gasteiger partial charge in [0, 0.05) is 105 Å². The largest absolute Gasteiger partial charge is 0.496 e. The number of pyridine rings is 5. The predicted octanol–water partition coefficient (Wildman–Crippen LogP) is 18.0. The van der Waals surface area contributed by atoms with Crippen LogP contribution in [0.15, 0.2) is 164 Å². The second-order valence-electron chi connectivity index (χ2n) is 32.6. The van der Waals surface area contributed by atoms with Crippen LogP contribution in [0, 0.1) is 71.1 Å². The molecule has 1 fully saturated rings. The molecule has 0 aliphatic carbocycles. The van der Waals surface area contributed by atoms with E-state index in [1.54, 1.807) is 149 Å². The molecule has 0 bridgehead atoms. The number of carbonyl (C=O) groups excluding carboxylic acids is 5. The Balaban J connectivity index is 0.000000188. The fourth-order valence-corrected chi connectivity index (χ4v) is 16.3. The van der Waals surface area contributed by atoms with Crippen molar-refractivity contribution in [2.24, 2.45) is 0 Å². The van der Waals surface area contributed by atoms with E-state index in [0.29, 0.717) is 117 Å². The number of hydrogen-bond donors (Lipinski definition) is 3. The number of aryl methyl sites for hydroxylation is 7. The molecule has 2 amide bonds. The van der Waals surface area contributed by atoms with Gasteiger partial charge in [0.15, 0.2) is 28.7 Å². The maximum atomic E-state index is 13.0. The molecule has 0 spiro atoms. The summed E-state index contributed by atoms with van der Waals surface area (Å²) in [4.78, 5) is 85.6. The average molecular weight is 2070 g/mol. The van der Waals surface area contributed by atoms with Gasteiger partial charge >= 0.3 is 25.0 Å². The minimum atomic E-state index is -0.447. The van der Waals surface area contributed by atoms with Crippen LogP contribution in [0.3, 0.4) is 0 Å². The zero-order valence-corrected chi connectivity index (χ0v) is 87.1. The minimum absolute atomic E-state index is 0.00381. The molecule has 11 heterocycles. The first-order chi connectivity index (χ1) is 67.9. The number of carbonyl (C=O) groups is 5. The van der Waals surface area contributed by atoms with E-state index in [-0.39, 0.29) is 47.5 Å². The Hall–Kier alpha value is -15.4. The molecule has 4 N–H and O–H groups in total. The van der Waals surface area contributed by atoms with Gasteiger partial charge in [-0.15, -0.1) is 0 Å². The van der Waals surface area contributed by atoms with Gasteiger partial charge in [-0.25, -0.2) is 39.3 Å².